The van der Waals surface area contributed by atoms with Crippen LogP contribution in [0.15, 0.2) is 24.4 Å². The minimum absolute atomic E-state index is 0.0268. The van der Waals surface area contributed by atoms with Crippen molar-refractivity contribution < 1.29 is 19.0 Å². The highest BCUT2D eigenvalue weighted by Gasteiger charge is 2.47. The molecule has 3 aliphatic rings. The predicted molar refractivity (Wildman–Crippen MR) is 154 cm³/mol. The van der Waals surface area contributed by atoms with Crippen LogP contribution in [0, 0.1) is 0 Å². The number of benzene rings is 1. The van der Waals surface area contributed by atoms with E-state index in [0.717, 1.165) is 51.6 Å². The van der Waals surface area contributed by atoms with Crippen LogP contribution in [0.1, 0.15) is 63.7 Å². The number of amides is 1. The van der Waals surface area contributed by atoms with Gasteiger partial charge in [0.1, 0.15) is 17.7 Å². The summed E-state index contributed by atoms with van der Waals surface area (Å²) in [5.74, 6) is 0.850. The normalized spacial score (nSPS) is 23.7. The summed E-state index contributed by atoms with van der Waals surface area (Å²) in [5.41, 5.74) is -0.152. The molecule has 2 unspecified atom stereocenters. The van der Waals surface area contributed by atoms with E-state index in [9.17, 15) is 9.90 Å². The van der Waals surface area contributed by atoms with Gasteiger partial charge in [-0.2, -0.15) is 4.98 Å². The van der Waals surface area contributed by atoms with Gasteiger partial charge in [0.05, 0.1) is 25.5 Å². The SMILES string of the molecule is CCC1(F)CN(C2CCCC2)c2nc(Nc3ccc(C(O)NC4CCN(C)CC4)cc3OC)ncc2N(C)C1=O. The molecule has 0 spiro atoms. The second kappa shape index (κ2) is 11.8. The highest BCUT2D eigenvalue weighted by molar-refractivity contribution is 6.03. The molecule has 1 saturated carbocycles. The number of likely N-dealkylation sites (tertiary alicyclic amines) is 1. The lowest BCUT2D eigenvalue weighted by atomic mass is 10.00. The van der Waals surface area contributed by atoms with Gasteiger partial charge in [0, 0.05) is 19.1 Å². The number of carbonyl (C=O) groups excluding carboxylic acids is 1. The number of nitrogens with zero attached hydrogens (tertiary/aromatic N) is 5. The Morgan fingerprint density at radius 2 is 1.93 bits per heavy atom. The van der Waals surface area contributed by atoms with Crippen molar-refractivity contribution in [1.29, 1.82) is 0 Å². The summed E-state index contributed by atoms with van der Waals surface area (Å²) >= 11 is 0. The molecule has 5 rings (SSSR count). The molecule has 11 heteroatoms. The second-order valence-corrected chi connectivity index (χ2v) is 11.4. The van der Waals surface area contributed by atoms with Crippen LogP contribution < -0.4 is 25.2 Å². The standard InChI is InChI=1S/C29H42FN7O3/c1-5-29(30)18-37(21-8-6-7-9-21)25-23(36(3)27(29)39)17-31-28(34-25)33-22-11-10-19(16-24(22)40-4)26(38)32-20-12-14-35(2)15-13-20/h10-11,16-17,20-21,26,32,38H,5-9,12-15,18H2,1-4H3,(H,31,33,34). The third-order valence-electron chi connectivity index (χ3n) is 8.72. The Morgan fingerprint density at radius 3 is 2.60 bits per heavy atom. The van der Waals surface area contributed by atoms with Crippen molar-refractivity contribution in [3.63, 3.8) is 0 Å². The average Bonchev–Trinajstić information content (AvgIpc) is 3.49. The number of halogens is 1. The van der Waals surface area contributed by atoms with Crippen LogP contribution in [0.25, 0.3) is 0 Å². The lowest BCUT2D eigenvalue weighted by Gasteiger charge is -2.33. The van der Waals surface area contributed by atoms with Gasteiger partial charge in [-0.1, -0.05) is 25.8 Å². The van der Waals surface area contributed by atoms with E-state index in [-0.39, 0.29) is 25.0 Å². The fourth-order valence-corrected chi connectivity index (χ4v) is 6.07. The lowest BCUT2D eigenvalue weighted by molar-refractivity contribution is -0.129. The van der Waals surface area contributed by atoms with E-state index in [0.29, 0.717) is 34.5 Å². The van der Waals surface area contributed by atoms with E-state index in [1.807, 2.05) is 17.0 Å². The summed E-state index contributed by atoms with van der Waals surface area (Å²) < 4.78 is 21.6. The van der Waals surface area contributed by atoms with E-state index in [2.05, 4.69) is 27.6 Å². The van der Waals surface area contributed by atoms with Gasteiger partial charge in [-0.3, -0.25) is 10.1 Å². The van der Waals surface area contributed by atoms with Crippen molar-refractivity contribution >= 4 is 29.0 Å². The van der Waals surface area contributed by atoms with Gasteiger partial charge in [0.15, 0.2) is 5.82 Å². The number of nitrogens with one attached hydrogen (secondary N) is 2. The van der Waals surface area contributed by atoms with Gasteiger partial charge in [-0.05, 0) is 69.9 Å². The number of carbonyl (C=O) groups is 1. The molecule has 3 heterocycles. The summed E-state index contributed by atoms with van der Waals surface area (Å²) in [6, 6.07) is 5.85. The van der Waals surface area contributed by atoms with E-state index in [4.69, 9.17) is 9.72 Å². The predicted octanol–water partition coefficient (Wildman–Crippen LogP) is 3.75. The second-order valence-electron chi connectivity index (χ2n) is 11.4. The average molecular weight is 556 g/mol. The van der Waals surface area contributed by atoms with Crippen molar-refractivity contribution in [3.05, 3.63) is 30.0 Å². The maximum Gasteiger partial charge on any atom is 0.266 e. The van der Waals surface area contributed by atoms with Crippen LogP contribution >= 0.6 is 0 Å². The molecule has 1 aromatic heterocycles. The summed E-state index contributed by atoms with van der Waals surface area (Å²) in [7, 11) is 5.28. The van der Waals surface area contributed by atoms with Crippen LogP contribution in [0.5, 0.6) is 5.75 Å². The molecule has 2 aliphatic heterocycles. The molecule has 0 bridgehead atoms. The number of aliphatic hydroxyl groups is 1. The Hall–Kier alpha value is -3.02. The van der Waals surface area contributed by atoms with E-state index >= 15 is 4.39 Å². The first-order chi connectivity index (χ1) is 19.2. The molecule has 1 saturated heterocycles. The van der Waals surface area contributed by atoms with E-state index < -0.39 is 17.8 Å². The van der Waals surface area contributed by atoms with Gasteiger partial charge in [0.25, 0.3) is 5.91 Å². The molecule has 2 fully saturated rings. The summed E-state index contributed by atoms with van der Waals surface area (Å²) in [4.78, 5) is 28.0. The highest BCUT2D eigenvalue weighted by Crippen LogP contribution is 2.40. The number of aliphatic hydroxyl groups excluding tert-OH is 1. The number of rotatable bonds is 8. The van der Waals surface area contributed by atoms with E-state index in [1.54, 1.807) is 33.3 Å². The number of alkyl halides is 1. The van der Waals surface area contributed by atoms with Crippen LogP contribution in [0.2, 0.25) is 0 Å². The molecule has 10 nitrogen and oxygen atoms in total. The van der Waals surface area contributed by atoms with Crippen LogP contribution in [0.3, 0.4) is 0 Å². The van der Waals surface area contributed by atoms with Crippen molar-refractivity contribution in [1.82, 2.24) is 20.2 Å². The smallest absolute Gasteiger partial charge is 0.266 e. The zero-order valence-electron chi connectivity index (χ0n) is 24.0. The maximum absolute atomic E-state index is 15.9. The Bertz CT molecular complexity index is 1200. The van der Waals surface area contributed by atoms with Crippen LogP contribution in [-0.2, 0) is 4.79 Å². The van der Waals surface area contributed by atoms with Crippen molar-refractivity contribution in [3.8, 4) is 5.75 Å². The Balaban J connectivity index is 1.39. The van der Waals surface area contributed by atoms with Crippen molar-refractivity contribution in [2.45, 2.75) is 75.8 Å². The Kier molecular flexibility index (Phi) is 8.44. The molecule has 2 atom stereocenters. The molecule has 1 amide bonds. The van der Waals surface area contributed by atoms with Gasteiger partial charge in [0.2, 0.25) is 11.6 Å². The minimum atomic E-state index is -1.99. The molecule has 0 radical (unpaired) electrons. The monoisotopic (exact) mass is 555 g/mol. The topological polar surface area (TPSA) is 106 Å². The van der Waals surface area contributed by atoms with E-state index in [1.165, 1.54) is 4.90 Å². The third kappa shape index (κ3) is 5.73. The van der Waals surface area contributed by atoms with Gasteiger partial charge in [-0.25, -0.2) is 9.37 Å². The Morgan fingerprint density at radius 1 is 1.20 bits per heavy atom. The molecule has 218 valence electrons. The molecule has 40 heavy (non-hydrogen) atoms. The number of hydrogen-bond acceptors (Lipinski definition) is 9. The molecule has 1 aromatic carbocycles. The zero-order valence-corrected chi connectivity index (χ0v) is 24.0. The first-order valence-electron chi connectivity index (χ1n) is 14.4. The number of piperidine rings is 1. The quantitative estimate of drug-likeness (QED) is 0.420. The number of aromatic nitrogens is 2. The fourth-order valence-electron chi connectivity index (χ4n) is 6.07. The van der Waals surface area contributed by atoms with Crippen LogP contribution in [0.4, 0.5) is 27.5 Å². The van der Waals surface area contributed by atoms with Crippen LogP contribution in [-0.4, -0.2) is 84.5 Å². The number of methoxy groups -OCH3 is 1. The molecule has 2 aromatic rings. The largest absolute Gasteiger partial charge is 0.495 e. The maximum atomic E-state index is 15.9. The van der Waals surface area contributed by atoms with Gasteiger partial charge in [-0.15, -0.1) is 0 Å². The molecular weight excluding hydrogens is 513 g/mol. The summed E-state index contributed by atoms with van der Waals surface area (Å²) in [6.45, 7) is 3.69. The number of ether oxygens (including phenoxy) is 1. The number of hydrogen-bond donors (Lipinski definition) is 3. The minimum Gasteiger partial charge on any atom is -0.495 e. The zero-order chi connectivity index (χ0) is 28.4. The summed E-state index contributed by atoms with van der Waals surface area (Å²) in [6.07, 6.45) is 6.86. The van der Waals surface area contributed by atoms with Gasteiger partial charge < -0.3 is 29.9 Å². The molecular formula is C29H42FN7O3. The fraction of sp³-hybridized carbons (Fsp3) is 0.621. The first kappa shape index (κ1) is 28.5. The van der Waals surface area contributed by atoms with Gasteiger partial charge >= 0.3 is 0 Å². The molecule has 1 aliphatic carbocycles. The first-order valence-corrected chi connectivity index (χ1v) is 14.4. The summed E-state index contributed by atoms with van der Waals surface area (Å²) in [5, 5.41) is 17.4. The molecule has 3 N–H and O–H groups in total. The third-order valence-corrected chi connectivity index (χ3v) is 8.72. The van der Waals surface area contributed by atoms with Crippen molar-refractivity contribution in [2.24, 2.45) is 0 Å². The number of anilines is 4. The Labute approximate surface area is 235 Å². The number of fused-ring (bicyclic) bond motifs is 1. The highest BCUT2D eigenvalue weighted by atomic mass is 19.1. The lowest BCUT2D eigenvalue weighted by Crippen LogP contribution is -2.50. The van der Waals surface area contributed by atoms with Crippen molar-refractivity contribution in [2.75, 3.05) is 56.0 Å².